The Hall–Kier alpha value is -1.59. The van der Waals surface area contributed by atoms with Gasteiger partial charge in [-0.05, 0) is 32.4 Å². The minimum absolute atomic E-state index is 0.106. The lowest BCUT2D eigenvalue weighted by Gasteiger charge is -2.33. The van der Waals surface area contributed by atoms with Gasteiger partial charge in [-0.15, -0.1) is 0 Å². The Morgan fingerprint density at radius 1 is 1.47 bits per heavy atom. The number of hydrogen-bond donors (Lipinski definition) is 3. The largest absolute Gasteiger partial charge is 0.465 e. The smallest absolute Gasteiger partial charge is 0.413 e. The van der Waals surface area contributed by atoms with Gasteiger partial charge in [0.05, 0.1) is 0 Å². The fraction of sp³-hybridized carbons (Fsp3) is 0.385. The number of carboxylic acid groups (broad SMARTS) is 1. The molecule has 0 aromatic heterocycles. The average molecular weight is 284 g/mol. The predicted molar refractivity (Wildman–Crippen MR) is 75.8 cm³/mol. The maximum absolute atomic E-state index is 11.3. The van der Waals surface area contributed by atoms with Crippen molar-refractivity contribution in [3.63, 3.8) is 0 Å². The lowest BCUT2D eigenvalue weighted by molar-refractivity contribution is 0.140. The quantitative estimate of drug-likeness (QED) is 0.576. The Balaban J connectivity index is 3.18. The lowest BCUT2D eigenvalue weighted by Crippen LogP contribution is -2.48. The van der Waals surface area contributed by atoms with Gasteiger partial charge in [-0.1, -0.05) is 23.7 Å². The first kappa shape index (κ1) is 15.5. The van der Waals surface area contributed by atoms with E-state index < -0.39 is 11.6 Å². The molecule has 0 fully saturated rings. The summed E-state index contributed by atoms with van der Waals surface area (Å²) in [5.41, 5.74) is 6.01. The van der Waals surface area contributed by atoms with Crippen LogP contribution in [0.25, 0.3) is 0 Å². The highest BCUT2D eigenvalue weighted by Gasteiger charge is 2.30. The van der Waals surface area contributed by atoms with Gasteiger partial charge in [0.1, 0.15) is 5.84 Å². The molecule has 0 radical (unpaired) electrons. The van der Waals surface area contributed by atoms with E-state index in [9.17, 15) is 9.90 Å². The number of benzene rings is 1. The van der Waals surface area contributed by atoms with E-state index >= 15 is 0 Å². The van der Waals surface area contributed by atoms with Crippen LogP contribution in [0.15, 0.2) is 18.2 Å². The normalized spacial score (nSPS) is 11.2. The van der Waals surface area contributed by atoms with Gasteiger partial charge >= 0.3 is 6.09 Å². The first-order valence-corrected chi connectivity index (χ1v) is 6.17. The van der Waals surface area contributed by atoms with Crippen LogP contribution in [0.3, 0.4) is 0 Å². The summed E-state index contributed by atoms with van der Waals surface area (Å²) < 4.78 is 0. The van der Waals surface area contributed by atoms with E-state index in [2.05, 4.69) is 0 Å². The summed E-state index contributed by atoms with van der Waals surface area (Å²) >= 11 is 6.03. The van der Waals surface area contributed by atoms with Gasteiger partial charge in [0.15, 0.2) is 0 Å². The van der Waals surface area contributed by atoms with Crippen molar-refractivity contribution < 1.29 is 9.90 Å². The molecule has 0 bridgehead atoms. The molecule has 19 heavy (non-hydrogen) atoms. The number of amidine groups is 1. The molecule has 1 aromatic rings. The van der Waals surface area contributed by atoms with Crippen LogP contribution in [0.4, 0.5) is 4.79 Å². The van der Waals surface area contributed by atoms with E-state index in [1.54, 1.807) is 39.0 Å². The third kappa shape index (κ3) is 3.45. The molecule has 104 valence electrons. The van der Waals surface area contributed by atoms with Gasteiger partial charge in [0.2, 0.25) is 0 Å². The number of amides is 1. The van der Waals surface area contributed by atoms with Crippen LogP contribution in [0, 0.1) is 5.41 Å². The van der Waals surface area contributed by atoms with Crippen LogP contribution < -0.4 is 5.73 Å². The molecule has 0 aliphatic heterocycles. The summed E-state index contributed by atoms with van der Waals surface area (Å²) in [6.45, 7) is 5.48. The summed E-state index contributed by atoms with van der Waals surface area (Å²) in [6, 6.07) is 4.92. The van der Waals surface area contributed by atoms with E-state index in [1.807, 2.05) is 0 Å². The Morgan fingerprint density at radius 3 is 2.42 bits per heavy atom. The van der Waals surface area contributed by atoms with Crippen LogP contribution in [-0.2, 0) is 6.54 Å². The Labute approximate surface area is 117 Å². The Morgan fingerprint density at radius 2 is 2.05 bits per heavy atom. The summed E-state index contributed by atoms with van der Waals surface area (Å²) in [6.07, 6.45) is -1.17. The van der Waals surface area contributed by atoms with Crippen molar-refractivity contribution in [3.8, 4) is 0 Å². The molecule has 0 saturated carbocycles. The zero-order chi connectivity index (χ0) is 14.8. The molecule has 0 aliphatic carbocycles. The molecule has 5 nitrogen and oxygen atoms in total. The second kappa shape index (κ2) is 5.59. The first-order valence-electron chi connectivity index (χ1n) is 5.79. The van der Waals surface area contributed by atoms with Crippen molar-refractivity contribution in [2.24, 2.45) is 5.73 Å². The third-order valence-corrected chi connectivity index (χ3v) is 2.98. The van der Waals surface area contributed by atoms with Crippen LogP contribution >= 0.6 is 11.6 Å². The molecule has 1 amide bonds. The highest BCUT2D eigenvalue weighted by atomic mass is 35.5. The molecule has 0 unspecified atom stereocenters. The molecular formula is C13H18ClN3O2. The fourth-order valence-corrected chi connectivity index (χ4v) is 1.96. The number of halogens is 1. The Kier molecular flexibility index (Phi) is 4.55. The second-order valence-corrected chi connectivity index (χ2v) is 5.55. The van der Waals surface area contributed by atoms with Crippen molar-refractivity contribution >= 4 is 23.5 Å². The van der Waals surface area contributed by atoms with Gasteiger partial charge in [0, 0.05) is 22.7 Å². The number of hydrogen-bond acceptors (Lipinski definition) is 3. The maximum atomic E-state index is 11.3. The molecule has 0 aliphatic rings. The number of rotatable bonds is 2. The first-order chi connectivity index (χ1) is 8.68. The minimum Gasteiger partial charge on any atom is -0.465 e. The zero-order valence-electron chi connectivity index (χ0n) is 11.2. The van der Waals surface area contributed by atoms with Crippen molar-refractivity contribution in [1.29, 1.82) is 5.41 Å². The van der Waals surface area contributed by atoms with Gasteiger partial charge < -0.3 is 10.8 Å². The second-order valence-electron chi connectivity index (χ2n) is 5.15. The molecule has 1 aromatic carbocycles. The van der Waals surface area contributed by atoms with Gasteiger partial charge in [-0.25, -0.2) is 4.79 Å². The monoisotopic (exact) mass is 283 g/mol. The molecule has 6 heteroatoms. The Bertz CT molecular complexity index is 509. The molecule has 0 spiro atoms. The molecule has 0 heterocycles. The van der Waals surface area contributed by atoms with E-state index in [-0.39, 0.29) is 5.84 Å². The molecule has 0 atom stereocenters. The van der Waals surface area contributed by atoms with Crippen molar-refractivity contribution in [1.82, 2.24) is 4.90 Å². The molecular weight excluding hydrogens is 266 g/mol. The summed E-state index contributed by atoms with van der Waals surface area (Å²) in [4.78, 5) is 12.3. The van der Waals surface area contributed by atoms with E-state index in [4.69, 9.17) is 22.7 Å². The summed E-state index contributed by atoms with van der Waals surface area (Å²) in [7, 11) is 0. The van der Waals surface area contributed by atoms with E-state index in [1.165, 1.54) is 0 Å². The van der Waals surface area contributed by atoms with Gasteiger partial charge in [0.25, 0.3) is 0 Å². The van der Waals surface area contributed by atoms with Crippen LogP contribution in [0.1, 0.15) is 31.9 Å². The number of nitrogens with one attached hydrogen (secondary N) is 1. The van der Waals surface area contributed by atoms with Crippen molar-refractivity contribution in [2.75, 3.05) is 0 Å². The lowest BCUT2D eigenvalue weighted by atomic mass is 10.0. The average Bonchev–Trinajstić information content (AvgIpc) is 2.26. The zero-order valence-corrected chi connectivity index (χ0v) is 12.0. The van der Waals surface area contributed by atoms with E-state index in [0.29, 0.717) is 17.1 Å². The topological polar surface area (TPSA) is 90.4 Å². The SMILES string of the molecule is CC(C)(C)N(C(=N)c1ccc(CN)c(Cl)c1)C(=O)O. The molecule has 0 saturated heterocycles. The van der Waals surface area contributed by atoms with Gasteiger partial charge in [-0.3, -0.25) is 10.3 Å². The maximum Gasteiger partial charge on any atom is 0.413 e. The highest BCUT2D eigenvalue weighted by Crippen LogP contribution is 2.22. The van der Waals surface area contributed by atoms with Crippen molar-refractivity contribution in [2.45, 2.75) is 32.9 Å². The number of carbonyl (C=O) groups is 1. The molecule has 1 rings (SSSR count). The summed E-state index contributed by atoms with van der Waals surface area (Å²) in [5, 5.41) is 17.7. The van der Waals surface area contributed by atoms with Crippen LogP contribution in [-0.4, -0.2) is 27.5 Å². The predicted octanol–water partition coefficient (Wildman–Crippen LogP) is 2.90. The van der Waals surface area contributed by atoms with Crippen molar-refractivity contribution in [3.05, 3.63) is 34.3 Å². The number of nitrogens with two attached hydrogens (primary N) is 1. The highest BCUT2D eigenvalue weighted by molar-refractivity contribution is 6.31. The van der Waals surface area contributed by atoms with Crippen LogP contribution in [0.5, 0.6) is 0 Å². The molecule has 4 N–H and O–H groups in total. The summed E-state index contributed by atoms with van der Waals surface area (Å²) in [5.74, 6) is -0.106. The van der Waals surface area contributed by atoms with Crippen LogP contribution in [0.2, 0.25) is 5.02 Å². The number of nitrogens with zero attached hydrogens (tertiary/aromatic N) is 1. The van der Waals surface area contributed by atoms with Gasteiger partial charge in [-0.2, -0.15) is 0 Å². The third-order valence-electron chi connectivity index (χ3n) is 2.63. The standard InChI is InChI=1S/C13H18ClN3O2/c1-13(2,3)17(12(18)19)11(16)8-4-5-9(7-15)10(14)6-8/h4-6,16H,7,15H2,1-3H3,(H,18,19). The van der Waals surface area contributed by atoms with E-state index in [0.717, 1.165) is 10.5 Å². The minimum atomic E-state index is -1.17. The fourth-order valence-electron chi connectivity index (χ4n) is 1.71.